The summed E-state index contributed by atoms with van der Waals surface area (Å²) in [4.78, 5) is 0. The van der Waals surface area contributed by atoms with Gasteiger partial charge in [0.15, 0.2) is 0 Å². The van der Waals surface area contributed by atoms with Crippen LogP contribution in [-0.4, -0.2) is 24.7 Å². The predicted octanol–water partition coefficient (Wildman–Crippen LogP) is -4.33. The molecule has 0 fully saturated rings. The molecule has 0 aliphatic rings. The molecule has 0 N–H and O–H groups in total. The van der Waals surface area contributed by atoms with E-state index in [0.717, 1.165) is 0 Å². The summed E-state index contributed by atoms with van der Waals surface area (Å²) in [6.07, 6.45) is 0. The van der Waals surface area contributed by atoms with Crippen molar-refractivity contribution in [3.8, 4) is 0 Å². The average molecular weight is 226 g/mol. The van der Waals surface area contributed by atoms with Gasteiger partial charge in [0, 0.05) is 0 Å². The zero-order valence-electron chi connectivity index (χ0n) is 2.88. The monoisotopic (exact) mass is 226 g/mol. The van der Waals surface area contributed by atoms with Gasteiger partial charge >= 0.3 is 59.1 Å². The van der Waals surface area contributed by atoms with Gasteiger partial charge in [-0.1, -0.05) is 0 Å². The van der Waals surface area contributed by atoms with Crippen LogP contribution in [0.5, 0.6) is 0 Å². The Kier molecular flexibility index (Phi) is 26.0. The Balaban J connectivity index is -0.0000000450. The van der Waals surface area contributed by atoms with Crippen LogP contribution in [0.4, 0.5) is 0 Å². The predicted molar refractivity (Wildman–Crippen MR) is 11.5 cm³/mol. The van der Waals surface area contributed by atoms with Crippen LogP contribution in [0.3, 0.4) is 0 Å². The van der Waals surface area contributed by atoms with E-state index in [4.69, 9.17) is 15.1 Å². The van der Waals surface area contributed by atoms with Crippen LogP contribution in [0.2, 0.25) is 0 Å². The molecule has 0 bridgehead atoms. The molecule has 0 aromatic heterocycles. The molecule has 1 radical (unpaired) electrons. The molecule has 0 unspecified atom stereocenters. The molecule has 3 nitrogen and oxygen atoms in total. The van der Waals surface area contributed by atoms with E-state index in [2.05, 4.69) is 0 Å². The quantitative estimate of drug-likeness (QED) is 0.392. The third-order valence-electron chi connectivity index (χ3n) is 0. The third kappa shape index (κ3) is 40.1. The molecule has 6 heavy (non-hydrogen) atoms. The summed E-state index contributed by atoms with van der Waals surface area (Å²) < 4.78 is 0. The van der Waals surface area contributed by atoms with Crippen LogP contribution in [-0.2, 0) is 0 Å². The van der Waals surface area contributed by atoms with Crippen LogP contribution >= 0.6 is 0 Å². The van der Waals surface area contributed by atoms with Crippen LogP contribution in [0, 0.1) is 41.7 Å². The van der Waals surface area contributed by atoms with Gasteiger partial charge in [0.25, 0.3) is 0 Å². The minimum atomic E-state index is -2.92. The summed E-state index contributed by atoms with van der Waals surface area (Å²) in [7, 11) is -2.92. The van der Waals surface area contributed by atoms with E-state index in [9.17, 15) is 0 Å². The topological polar surface area (TPSA) is 69.2 Å². The summed E-state index contributed by atoms with van der Waals surface area (Å²) in [5.41, 5.74) is 0. The van der Waals surface area contributed by atoms with Gasteiger partial charge in [-0.2, -0.15) is 0 Å². The fourth-order valence-corrected chi connectivity index (χ4v) is 0. The van der Waals surface area contributed by atoms with Crippen molar-refractivity contribution in [2.24, 2.45) is 0 Å². The Bertz CT molecular complexity index is 15.5. The van der Waals surface area contributed by atoms with Gasteiger partial charge in [-0.15, -0.1) is 0 Å². The maximum Gasteiger partial charge on any atom is 3.00 e. The summed E-state index contributed by atoms with van der Waals surface area (Å²) in [6, 6.07) is 0. The second kappa shape index (κ2) is 9.97. The molecule has 0 aliphatic heterocycles. The van der Waals surface area contributed by atoms with Crippen molar-refractivity contribution in [2.45, 2.75) is 0 Å². The van der Waals surface area contributed by atoms with Crippen molar-refractivity contribution >= 4 is 24.7 Å². The molecule has 0 aromatic rings. The molecule has 25 valence electrons. The van der Waals surface area contributed by atoms with Crippen molar-refractivity contribution in [3.63, 3.8) is 0 Å². The van der Waals surface area contributed by atoms with E-state index in [0.29, 0.717) is 0 Å². The SMILES string of the molecule is [Al+3].[Ce+3].[O-]B([O-])[O-]. The third-order valence-corrected chi connectivity index (χ3v) is 0. The van der Waals surface area contributed by atoms with Crippen molar-refractivity contribution < 1.29 is 56.8 Å². The first-order chi connectivity index (χ1) is 1.73. The van der Waals surface area contributed by atoms with E-state index in [1.54, 1.807) is 0 Å². The van der Waals surface area contributed by atoms with Gasteiger partial charge in [-0.05, 0) is 0 Å². The van der Waals surface area contributed by atoms with E-state index in [1.165, 1.54) is 0 Å². The molecule has 6 heteroatoms. The van der Waals surface area contributed by atoms with Gasteiger partial charge < -0.3 is 15.1 Å². The normalized spacial score (nSPS) is 4.50. The first kappa shape index (κ1) is 15.7. The van der Waals surface area contributed by atoms with Crippen molar-refractivity contribution in [1.29, 1.82) is 0 Å². The van der Waals surface area contributed by atoms with Gasteiger partial charge in [-0.3, -0.25) is 7.32 Å². The van der Waals surface area contributed by atoms with Crippen LogP contribution in [0.1, 0.15) is 0 Å². The molecule has 0 saturated carbocycles. The summed E-state index contributed by atoms with van der Waals surface area (Å²) in [5, 5.41) is 25.2. The smallest absolute Gasteiger partial charge is 0.907 e. The molecule has 0 aromatic carbocycles. The van der Waals surface area contributed by atoms with Crippen LogP contribution in [0.25, 0.3) is 0 Å². The maximum absolute atomic E-state index is 8.42. The largest absolute Gasteiger partial charge is 3.00 e. The molecule has 0 spiro atoms. The van der Waals surface area contributed by atoms with Crippen LogP contribution in [0.15, 0.2) is 0 Å². The summed E-state index contributed by atoms with van der Waals surface area (Å²) in [5.74, 6) is 0. The molecule has 0 rings (SSSR count). The Morgan fingerprint density at radius 3 is 1.00 bits per heavy atom. The average Bonchev–Trinajstić information content (AvgIpc) is 0.811. The van der Waals surface area contributed by atoms with E-state index >= 15 is 0 Å². The first-order valence-corrected chi connectivity index (χ1v) is 0.707. The van der Waals surface area contributed by atoms with Crippen molar-refractivity contribution in [2.75, 3.05) is 0 Å². The number of rotatable bonds is 0. The summed E-state index contributed by atoms with van der Waals surface area (Å²) in [6.45, 7) is 0. The van der Waals surface area contributed by atoms with Gasteiger partial charge in [0.1, 0.15) is 0 Å². The molecule has 0 aliphatic carbocycles. The summed E-state index contributed by atoms with van der Waals surface area (Å²) >= 11 is 0. The van der Waals surface area contributed by atoms with Gasteiger partial charge in [-0.25, -0.2) is 0 Å². The fourth-order valence-electron chi connectivity index (χ4n) is 0. The Morgan fingerprint density at radius 1 is 1.00 bits per heavy atom. The molecular weight excluding hydrogens is 226 g/mol. The molecule has 0 amide bonds. The van der Waals surface area contributed by atoms with Gasteiger partial charge in [0.05, 0.1) is 0 Å². The Hall–Kier alpha value is 1.85. The van der Waals surface area contributed by atoms with Gasteiger partial charge in [0.2, 0.25) is 0 Å². The Morgan fingerprint density at radius 2 is 1.00 bits per heavy atom. The zero-order chi connectivity index (χ0) is 3.58. The first-order valence-electron chi connectivity index (χ1n) is 0.707. The minimum absolute atomic E-state index is 0. The van der Waals surface area contributed by atoms with Crippen LogP contribution < -0.4 is 15.1 Å². The van der Waals surface area contributed by atoms with E-state index in [-0.39, 0.29) is 59.1 Å². The fraction of sp³-hybridized carbons (Fsp3) is 0. The minimum Gasteiger partial charge on any atom is -0.907 e. The number of hydrogen-bond donors (Lipinski definition) is 0. The second-order valence-corrected chi connectivity index (χ2v) is 0.289. The number of hydrogen-bond acceptors (Lipinski definition) is 3. The molecular formula is AlBCeO3+3. The second-order valence-electron chi connectivity index (χ2n) is 0.289. The molecule has 0 heterocycles. The molecule has 0 atom stereocenters. The molecule has 0 saturated heterocycles. The van der Waals surface area contributed by atoms with E-state index in [1.807, 2.05) is 0 Å². The van der Waals surface area contributed by atoms with Crippen molar-refractivity contribution in [3.05, 3.63) is 0 Å². The van der Waals surface area contributed by atoms with Crippen molar-refractivity contribution in [1.82, 2.24) is 0 Å². The van der Waals surface area contributed by atoms with E-state index < -0.39 is 7.32 Å². The Labute approximate surface area is 80.4 Å². The standard InChI is InChI=1S/Al.BO3.Ce/c;2-1(3)4;/q+3;-3;+3. The zero-order valence-corrected chi connectivity index (χ0v) is 7.17. The maximum atomic E-state index is 8.42.